The number of esters is 1. The topological polar surface area (TPSA) is 55.8 Å². The van der Waals surface area contributed by atoms with E-state index in [-0.39, 0.29) is 6.61 Å². The summed E-state index contributed by atoms with van der Waals surface area (Å²) in [5.41, 5.74) is 1.43. The van der Waals surface area contributed by atoms with Gasteiger partial charge in [0.2, 0.25) is 0 Å². The molecule has 0 unspecified atom stereocenters. The number of hydrogen-bond acceptors (Lipinski definition) is 5. The Balaban J connectivity index is 1.80. The predicted molar refractivity (Wildman–Crippen MR) is 114 cm³/mol. The lowest BCUT2D eigenvalue weighted by Crippen LogP contribution is -2.48. The van der Waals surface area contributed by atoms with Gasteiger partial charge < -0.3 is 9.47 Å². The Hall–Kier alpha value is -2.47. The number of rotatable bonds is 5. The third-order valence-corrected chi connectivity index (χ3v) is 5.58. The molecule has 1 amide bonds. The Morgan fingerprint density at radius 3 is 2.31 bits per heavy atom. The van der Waals surface area contributed by atoms with Crippen LogP contribution >= 0.6 is 11.8 Å². The van der Waals surface area contributed by atoms with Crippen LogP contribution in [0.3, 0.4) is 0 Å². The number of nitrogens with zero attached hydrogens (tertiary/aromatic N) is 1. The summed E-state index contributed by atoms with van der Waals surface area (Å²) in [7, 11) is 0. The van der Waals surface area contributed by atoms with E-state index in [9.17, 15) is 9.59 Å². The first-order chi connectivity index (χ1) is 13.8. The Kier molecular flexibility index (Phi) is 6.52. The van der Waals surface area contributed by atoms with Crippen molar-refractivity contribution in [2.45, 2.75) is 51.0 Å². The normalized spacial score (nSPS) is 19.2. The number of carbonyl (C=O) groups excluding carboxylic acids is 2. The van der Waals surface area contributed by atoms with E-state index >= 15 is 0 Å². The smallest absolute Gasteiger partial charge is 0.413 e. The Morgan fingerprint density at radius 2 is 1.72 bits per heavy atom. The average molecular weight is 414 g/mol. The van der Waals surface area contributed by atoms with Gasteiger partial charge in [-0.1, -0.05) is 63.2 Å². The summed E-state index contributed by atoms with van der Waals surface area (Å²) in [5.74, 6) is -0.393. The van der Waals surface area contributed by atoms with Gasteiger partial charge in [-0.25, -0.2) is 9.59 Å². The molecule has 0 aliphatic carbocycles. The number of amides is 1. The molecule has 0 radical (unpaired) electrons. The highest BCUT2D eigenvalue weighted by atomic mass is 32.2. The molecule has 2 atom stereocenters. The molecule has 1 saturated heterocycles. The van der Waals surface area contributed by atoms with E-state index in [4.69, 9.17) is 9.47 Å². The second-order valence-corrected chi connectivity index (χ2v) is 9.05. The minimum Gasteiger partial charge on any atom is -0.444 e. The van der Waals surface area contributed by atoms with Crippen LogP contribution in [-0.2, 0) is 27.3 Å². The molecule has 1 aliphatic rings. The van der Waals surface area contributed by atoms with E-state index in [0.29, 0.717) is 6.42 Å². The number of cyclic esters (lactones) is 1. The molecule has 2 aromatic rings. The summed E-state index contributed by atoms with van der Waals surface area (Å²) in [4.78, 5) is 28.3. The van der Waals surface area contributed by atoms with Crippen LogP contribution in [0.15, 0.2) is 59.5 Å². The number of benzene rings is 2. The van der Waals surface area contributed by atoms with Crippen molar-refractivity contribution in [3.8, 4) is 0 Å². The molecule has 2 aromatic carbocycles. The number of ether oxygens (including phenoxy) is 2. The van der Waals surface area contributed by atoms with Gasteiger partial charge in [0.15, 0.2) is 6.23 Å². The number of hydrogen-bond donors (Lipinski definition) is 0. The van der Waals surface area contributed by atoms with Gasteiger partial charge in [-0.15, -0.1) is 11.8 Å². The van der Waals surface area contributed by atoms with Gasteiger partial charge in [-0.2, -0.15) is 0 Å². The van der Waals surface area contributed by atoms with Crippen LogP contribution in [0.25, 0.3) is 0 Å². The van der Waals surface area contributed by atoms with Gasteiger partial charge in [-0.05, 0) is 29.5 Å². The van der Waals surface area contributed by atoms with Crippen molar-refractivity contribution in [2.24, 2.45) is 5.41 Å². The summed E-state index contributed by atoms with van der Waals surface area (Å²) in [6.45, 7) is 5.98. The van der Waals surface area contributed by atoms with Gasteiger partial charge in [0.1, 0.15) is 12.6 Å². The highest BCUT2D eigenvalue weighted by molar-refractivity contribution is 7.98. The molecule has 0 N–H and O–H groups in total. The minimum absolute atomic E-state index is 0.149. The summed E-state index contributed by atoms with van der Waals surface area (Å²) >= 11 is 1.66. The highest BCUT2D eigenvalue weighted by Crippen LogP contribution is 2.34. The Labute approximate surface area is 176 Å². The predicted octanol–water partition coefficient (Wildman–Crippen LogP) is 4.89. The third kappa shape index (κ3) is 5.12. The largest absolute Gasteiger partial charge is 0.444 e. The minimum atomic E-state index is -0.706. The monoisotopic (exact) mass is 413 g/mol. The fraction of sp³-hybridized carbons (Fsp3) is 0.391. The quantitative estimate of drug-likeness (QED) is 0.516. The molecule has 1 aliphatic heterocycles. The number of carbonyl (C=O) groups is 2. The molecule has 5 nitrogen and oxygen atoms in total. The average Bonchev–Trinajstić information content (AvgIpc) is 3.04. The van der Waals surface area contributed by atoms with Crippen LogP contribution in [0.4, 0.5) is 4.79 Å². The summed E-state index contributed by atoms with van der Waals surface area (Å²) in [6.07, 6.45) is 1.20. The fourth-order valence-electron chi connectivity index (χ4n) is 3.30. The lowest BCUT2D eigenvalue weighted by atomic mass is 9.93. The van der Waals surface area contributed by atoms with Gasteiger partial charge >= 0.3 is 12.1 Å². The second kappa shape index (κ2) is 8.91. The first-order valence-corrected chi connectivity index (χ1v) is 10.8. The standard InChI is InChI=1S/C23H27NO4S/c1-23(2,3)21-24(22(26)27-15-17-8-6-5-7-9-17)19(20(25)28-21)14-16-10-12-18(29-4)13-11-16/h5-13,19,21H,14-15H2,1-4H3/t19-,21-/m0/s1. The summed E-state index contributed by atoms with van der Waals surface area (Å²) in [6, 6.07) is 16.8. The molecule has 154 valence electrons. The van der Waals surface area contributed by atoms with Crippen molar-refractivity contribution in [1.82, 2.24) is 4.90 Å². The van der Waals surface area contributed by atoms with Crippen LogP contribution in [0, 0.1) is 5.41 Å². The fourth-order valence-corrected chi connectivity index (χ4v) is 3.71. The highest BCUT2D eigenvalue weighted by Gasteiger charge is 2.50. The lowest BCUT2D eigenvalue weighted by molar-refractivity contribution is -0.147. The first-order valence-electron chi connectivity index (χ1n) is 9.62. The number of thioether (sulfide) groups is 1. The van der Waals surface area contributed by atoms with Crippen LogP contribution in [0.5, 0.6) is 0 Å². The lowest BCUT2D eigenvalue weighted by Gasteiger charge is -2.33. The molecule has 0 bridgehead atoms. The van der Waals surface area contributed by atoms with E-state index in [1.165, 1.54) is 4.90 Å². The molecule has 6 heteroatoms. The summed E-state index contributed by atoms with van der Waals surface area (Å²) in [5, 5.41) is 0. The third-order valence-electron chi connectivity index (χ3n) is 4.83. The van der Waals surface area contributed by atoms with Crippen LogP contribution < -0.4 is 0 Å². The molecule has 3 rings (SSSR count). The SMILES string of the molecule is CSc1ccc(C[C@H]2C(=O)O[C@@H](C(C)(C)C)N2C(=O)OCc2ccccc2)cc1. The summed E-state index contributed by atoms with van der Waals surface area (Å²) < 4.78 is 11.2. The van der Waals surface area contributed by atoms with Crippen LogP contribution in [-0.4, -0.2) is 35.5 Å². The zero-order valence-corrected chi connectivity index (χ0v) is 18.1. The molecule has 29 heavy (non-hydrogen) atoms. The van der Waals surface area contributed by atoms with Crippen molar-refractivity contribution < 1.29 is 19.1 Å². The zero-order valence-electron chi connectivity index (χ0n) is 17.3. The molecule has 0 spiro atoms. The van der Waals surface area contributed by atoms with Gasteiger partial charge in [0.25, 0.3) is 0 Å². The Bertz CT molecular complexity index is 845. The van der Waals surface area contributed by atoms with Crippen molar-refractivity contribution in [1.29, 1.82) is 0 Å². The van der Waals surface area contributed by atoms with Gasteiger partial charge in [0.05, 0.1) is 0 Å². The van der Waals surface area contributed by atoms with Crippen LogP contribution in [0.2, 0.25) is 0 Å². The van der Waals surface area contributed by atoms with E-state index in [0.717, 1.165) is 16.0 Å². The van der Waals surface area contributed by atoms with Crippen molar-refractivity contribution in [3.05, 3.63) is 65.7 Å². The Morgan fingerprint density at radius 1 is 1.07 bits per heavy atom. The molecule has 1 fully saturated rings. The first kappa shape index (κ1) is 21.2. The molecule has 1 heterocycles. The maximum Gasteiger partial charge on any atom is 0.413 e. The van der Waals surface area contributed by atoms with Crippen molar-refractivity contribution in [2.75, 3.05) is 6.26 Å². The second-order valence-electron chi connectivity index (χ2n) is 8.17. The van der Waals surface area contributed by atoms with E-state index < -0.39 is 29.7 Å². The van der Waals surface area contributed by atoms with Crippen molar-refractivity contribution >= 4 is 23.8 Å². The van der Waals surface area contributed by atoms with E-state index in [1.54, 1.807) is 11.8 Å². The van der Waals surface area contributed by atoms with Crippen molar-refractivity contribution in [3.63, 3.8) is 0 Å². The molecule has 0 aromatic heterocycles. The van der Waals surface area contributed by atoms with Crippen LogP contribution in [0.1, 0.15) is 31.9 Å². The van der Waals surface area contributed by atoms with E-state index in [2.05, 4.69) is 0 Å². The molecular weight excluding hydrogens is 386 g/mol. The zero-order chi connectivity index (χ0) is 21.0. The van der Waals surface area contributed by atoms with Gasteiger partial charge in [-0.3, -0.25) is 4.90 Å². The van der Waals surface area contributed by atoms with E-state index in [1.807, 2.05) is 81.6 Å². The van der Waals surface area contributed by atoms with Gasteiger partial charge in [0, 0.05) is 16.7 Å². The molecule has 0 saturated carbocycles. The maximum atomic E-state index is 13.0. The maximum absolute atomic E-state index is 13.0. The molecular formula is C23H27NO4S.